The Kier molecular flexibility index (Phi) is 7.67. The van der Waals surface area contributed by atoms with Gasteiger partial charge in [0.1, 0.15) is 11.6 Å². The van der Waals surface area contributed by atoms with Gasteiger partial charge in [0.25, 0.3) is 5.91 Å². The highest BCUT2D eigenvalue weighted by atomic mass is 32.2. The summed E-state index contributed by atoms with van der Waals surface area (Å²) in [5, 5.41) is 12.8. The van der Waals surface area contributed by atoms with Crippen molar-refractivity contribution < 1.29 is 9.53 Å². The van der Waals surface area contributed by atoms with Crippen LogP contribution < -0.4 is 10.1 Å². The summed E-state index contributed by atoms with van der Waals surface area (Å²) in [7, 11) is 1.59. The maximum atomic E-state index is 12.5. The van der Waals surface area contributed by atoms with E-state index in [1.165, 1.54) is 25.7 Å². The van der Waals surface area contributed by atoms with E-state index < -0.39 is 0 Å². The lowest BCUT2D eigenvalue weighted by molar-refractivity contribution is 0.0950. The van der Waals surface area contributed by atoms with Crippen molar-refractivity contribution in [3.63, 3.8) is 0 Å². The zero-order valence-corrected chi connectivity index (χ0v) is 18.4. The van der Waals surface area contributed by atoms with Crippen LogP contribution >= 0.6 is 23.5 Å². The zero-order chi connectivity index (χ0) is 19.9. The van der Waals surface area contributed by atoms with Crippen LogP contribution in [-0.4, -0.2) is 46.8 Å². The molecule has 152 valence electrons. The Bertz CT molecular complexity index is 803. The predicted molar refractivity (Wildman–Crippen MR) is 115 cm³/mol. The van der Waals surface area contributed by atoms with Gasteiger partial charge in [0, 0.05) is 23.9 Å². The summed E-state index contributed by atoms with van der Waals surface area (Å²) < 4.78 is 7.70. The molecule has 1 heterocycles. The highest BCUT2D eigenvalue weighted by Crippen LogP contribution is 2.33. The highest BCUT2D eigenvalue weighted by molar-refractivity contribution is 7.98. The van der Waals surface area contributed by atoms with Crippen LogP contribution in [0.2, 0.25) is 0 Å². The van der Waals surface area contributed by atoms with Gasteiger partial charge in [-0.1, -0.05) is 24.6 Å². The Morgan fingerprint density at radius 2 is 2.04 bits per heavy atom. The summed E-state index contributed by atoms with van der Waals surface area (Å²) >= 11 is 3.28. The molecule has 0 atom stereocenters. The summed E-state index contributed by atoms with van der Waals surface area (Å²) in [4.78, 5) is 13.6. The highest BCUT2D eigenvalue weighted by Gasteiger charge is 2.23. The van der Waals surface area contributed by atoms with Gasteiger partial charge in [-0.3, -0.25) is 4.79 Å². The van der Waals surface area contributed by atoms with Gasteiger partial charge in [0.2, 0.25) is 0 Å². The van der Waals surface area contributed by atoms with Gasteiger partial charge in [-0.25, -0.2) is 0 Å². The largest absolute Gasteiger partial charge is 0.496 e. The minimum Gasteiger partial charge on any atom is -0.496 e. The minimum atomic E-state index is -0.105. The van der Waals surface area contributed by atoms with Gasteiger partial charge in [-0.05, 0) is 50.0 Å². The van der Waals surface area contributed by atoms with Crippen molar-refractivity contribution in [2.24, 2.45) is 0 Å². The fourth-order valence-electron chi connectivity index (χ4n) is 3.68. The average Bonchev–Trinajstić information content (AvgIpc) is 3.39. The number of amides is 1. The molecule has 1 aromatic heterocycles. The van der Waals surface area contributed by atoms with E-state index in [-0.39, 0.29) is 5.91 Å². The number of carbonyl (C=O) groups excluding carboxylic acids is 1. The molecule has 0 unspecified atom stereocenters. The molecule has 1 aliphatic carbocycles. The molecule has 6 nitrogen and oxygen atoms in total. The Morgan fingerprint density at radius 1 is 1.25 bits per heavy atom. The number of nitrogens with one attached hydrogen (secondary N) is 1. The summed E-state index contributed by atoms with van der Waals surface area (Å²) in [5.74, 6) is 1.54. The number of ether oxygens (including phenoxy) is 1. The normalized spacial score (nSPS) is 14.4. The van der Waals surface area contributed by atoms with Crippen molar-refractivity contribution in [3.05, 3.63) is 29.6 Å². The third kappa shape index (κ3) is 4.84. The van der Waals surface area contributed by atoms with Gasteiger partial charge in [0.15, 0.2) is 5.16 Å². The number of thioether (sulfide) groups is 2. The molecule has 1 aliphatic rings. The molecule has 0 saturated heterocycles. The number of aryl methyl sites for hydroxylation is 1. The monoisotopic (exact) mass is 420 g/mol. The van der Waals surface area contributed by atoms with Crippen molar-refractivity contribution in [2.45, 2.75) is 54.6 Å². The standard InChI is InChI=1S/C20H28N4O2S2/c1-26-17-13-15(27-2)10-11-16(17)19(25)21-12-6-9-18-22-23-20(28-3)24(18)14-7-4-5-8-14/h10-11,13-14H,4-9,12H2,1-3H3,(H,21,25). The summed E-state index contributed by atoms with van der Waals surface area (Å²) in [6, 6.07) is 6.19. The lowest BCUT2D eigenvalue weighted by atomic mass is 10.2. The van der Waals surface area contributed by atoms with Crippen LogP contribution in [0.1, 0.15) is 54.3 Å². The number of nitrogens with zero attached hydrogens (tertiary/aromatic N) is 3. The number of aromatic nitrogens is 3. The number of rotatable bonds is 9. The average molecular weight is 421 g/mol. The molecule has 28 heavy (non-hydrogen) atoms. The molecule has 3 rings (SSSR count). The van der Waals surface area contributed by atoms with Gasteiger partial charge in [-0.2, -0.15) is 0 Å². The summed E-state index contributed by atoms with van der Waals surface area (Å²) in [5.41, 5.74) is 0.569. The Labute approximate surface area is 175 Å². The third-order valence-corrected chi connectivity index (χ3v) is 6.49. The fraction of sp³-hybridized carbons (Fsp3) is 0.550. The molecule has 1 amide bonds. The zero-order valence-electron chi connectivity index (χ0n) is 16.7. The molecule has 0 spiro atoms. The number of hydrogen-bond acceptors (Lipinski definition) is 6. The lowest BCUT2D eigenvalue weighted by Gasteiger charge is -2.16. The van der Waals surface area contributed by atoms with Crippen molar-refractivity contribution in [1.82, 2.24) is 20.1 Å². The fourth-order valence-corrected chi connectivity index (χ4v) is 4.68. The van der Waals surface area contributed by atoms with E-state index in [0.717, 1.165) is 28.7 Å². The van der Waals surface area contributed by atoms with Crippen molar-refractivity contribution in [3.8, 4) is 5.75 Å². The van der Waals surface area contributed by atoms with Crippen LogP contribution in [0.3, 0.4) is 0 Å². The van der Waals surface area contributed by atoms with E-state index in [4.69, 9.17) is 4.74 Å². The van der Waals surface area contributed by atoms with E-state index >= 15 is 0 Å². The molecular formula is C20H28N4O2S2. The predicted octanol–water partition coefficient (Wildman–Crippen LogP) is 4.21. The Morgan fingerprint density at radius 3 is 2.71 bits per heavy atom. The second-order valence-electron chi connectivity index (χ2n) is 6.84. The molecule has 8 heteroatoms. The summed E-state index contributed by atoms with van der Waals surface area (Å²) in [6.45, 7) is 0.596. The molecule has 0 radical (unpaired) electrons. The Hall–Kier alpha value is -1.67. The van der Waals surface area contributed by atoms with E-state index in [0.29, 0.717) is 23.9 Å². The third-order valence-electron chi connectivity index (χ3n) is 5.12. The topological polar surface area (TPSA) is 69.0 Å². The second-order valence-corrected chi connectivity index (χ2v) is 8.49. The van der Waals surface area contributed by atoms with E-state index in [2.05, 4.69) is 26.3 Å². The molecule has 0 bridgehead atoms. The molecular weight excluding hydrogens is 392 g/mol. The van der Waals surface area contributed by atoms with Gasteiger partial charge >= 0.3 is 0 Å². The Balaban J connectivity index is 1.56. The molecule has 0 aliphatic heterocycles. The van der Waals surface area contributed by atoms with Crippen LogP contribution in [0.15, 0.2) is 28.3 Å². The maximum absolute atomic E-state index is 12.5. The smallest absolute Gasteiger partial charge is 0.255 e. The van der Waals surface area contributed by atoms with E-state index in [1.807, 2.05) is 24.5 Å². The van der Waals surface area contributed by atoms with Crippen LogP contribution in [0.5, 0.6) is 5.75 Å². The number of carbonyl (C=O) groups is 1. The van der Waals surface area contributed by atoms with Crippen LogP contribution in [0, 0.1) is 0 Å². The van der Waals surface area contributed by atoms with Crippen LogP contribution in [0.4, 0.5) is 0 Å². The number of hydrogen-bond donors (Lipinski definition) is 1. The van der Waals surface area contributed by atoms with Crippen molar-refractivity contribution in [2.75, 3.05) is 26.2 Å². The molecule has 1 N–H and O–H groups in total. The van der Waals surface area contributed by atoms with Crippen LogP contribution in [-0.2, 0) is 6.42 Å². The molecule has 1 aromatic carbocycles. The second kappa shape index (κ2) is 10.2. The van der Waals surface area contributed by atoms with E-state index in [1.54, 1.807) is 30.6 Å². The van der Waals surface area contributed by atoms with Crippen molar-refractivity contribution >= 4 is 29.4 Å². The maximum Gasteiger partial charge on any atom is 0.255 e. The quantitative estimate of drug-likeness (QED) is 0.484. The van der Waals surface area contributed by atoms with Crippen molar-refractivity contribution in [1.29, 1.82) is 0 Å². The SMILES string of the molecule is COc1cc(SC)ccc1C(=O)NCCCc1nnc(SC)n1C1CCCC1. The van der Waals surface area contributed by atoms with Gasteiger partial charge < -0.3 is 14.6 Å². The first-order valence-corrected chi connectivity index (χ1v) is 12.1. The van der Waals surface area contributed by atoms with Gasteiger partial charge in [-0.15, -0.1) is 22.0 Å². The number of methoxy groups -OCH3 is 1. The minimum absolute atomic E-state index is 0.105. The first-order valence-electron chi connectivity index (χ1n) is 9.66. The lowest BCUT2D eigenvalue weighted by Crippen LogP contribution is -2.25. The molecule has 2 aromatic rings. The molecule has 1 fully saturated rings. The van der Waals surface area contributed by atoms with E-state index in [9.17, 15) is 4.79 Å². The first-order chi connectivity index (χ1) is 13.7. The van der Waals surface area contributed by atoms with Crippen LogP contribution in [0.25, 0.3) is 0 Å². The molecule has 1 saturated carbocycles. The number of benzene rings is 1. The summed E-state index contributed by atoms with van der Waals surface area (Å²) in [6.07, 6.45) is 10.7. The first kappa shape index (κ1) is 21.0. The van der Waals surface area contributed by atoms with Gasteiger partial charge in [0.05, 0.1) is 12.7 Å².